The summed E-state index contributed by atoms with van der Waals surface area (Å²) in [6.45, 7) is 2.09. The Kier molecular flexibility index (Phi) is 5.84. The minimum atomic E-state index is -0.387. The van der Waals surface area contributed by atoms with Crippen molar-refractivity contribution in [2.75, 3.05) is 24.4 Å². The average molecular weight is 364 g/mol. The van der Waals surface area contributed by atoms with Gasteiger partial charge in [0.05, 0.1) is 30.7 Å². The molecular weight excluding hydrogens is 344 g/mol. The van der Waals surface area contributed by atoms with Crippen LogP contribution in [-0.2, 0) is 4.74 Å². The first-order valence-corrected chi connectivity index (χ1v) is 8.47. The molecule has 3 rings (SSSR count). The molecule has 0 saturated carbocycles. The Labute approximate surface area is 157 Å². The van der Waals surface area contributed by atoms with Gasteiger partial charge in [0.2, 0.25) is 5.95 Å². The molecule has 0 atom stereocenters. The van der Waals surface area contributed by atoms with Crippen LogP contribution in [0.5, 0.6) is 5.75 Å². The van der Waals surface area contributed by atoms with E-state index in [0.717, 1.165) is 5.69 Å². The second-order valence-electron chi connectivity index (χ2n) is 5.48. The van der Waals surface area contributed by atoms with Gasteiger partial charge in [0.15, 0.2) is 0 Å². The van der Waals surface area contributed by atoms with Gasteiger partial charge in [0.25, 0.3) is 0 Å². The van der Waals surface area contributed by atoms with Crippen LogP contribution >= 0.6 is 0 Å². The van der Waals surface area contributed by atoms with Crippen molar-refractivity contribution < 1.29 is 14.3 Å². The number of nitrogens with one attached hydrogen (secondary N) is 2. The smallest absolute Gasteiger partial charge is 0.340 e. The van der Waals surface area contributed by atoms with Crippen LogP contribution in [0, 0.1) is 0 Å². The summed E-state index contributed by atoms with van der Waals surface area (Å²) < 4.78 is 10.4. The molecule has 0 fully saturated rings. The second kappa shape index (κ2) is 8.66. The van der Waals surface area contributed by atoms with Crippen molar-refractivity contribution >= 4 is 29.1 Å². The SMILES string of the molecule is CCOC(=O)c1ccccc1Nc1ccnc(Nc2ccccc2OC)n1. The Bertz CT molecular complexity index is 930. The molecule has 0 amide bonds. The maximum atomic E-state index is 12.1. The summed E-state index contributed by atoms with van der Waals surface area (Å²) in [6, 6.07) is 16.3. The van der Waals surface area contributed by atoms with Crippen molar-refractivity contribution in [1.82, 2.24) is 9.97 Å². The molecule has 0 radical (unpaired) electrons. The summed E-state index contributed by atoms with van der Waals surface area (Å²) in [7, 11) is 1.60. The van der Waals surface area contributed by atoms with Gasteiger partial charge in [-0.25, -0.2) is 9.78 Å². The number of para-hydroxylation sites is 3. The highest BCUT2D eigenvalue weighted by atomic mass is 16.5. The van der Waals surface area contributed by atoms with Gasteiger partial charge in [0, 0.05) is 6.20 Å². The number of carbonyl (C=O) groups excluding carboxylic acids is 1. The number of hydrogen-bond acceptors (Lipinski definition) is 7. The van der Waals surface area contributed by atoms with Gasteiger partial charge in [0.1, 0.15) is 11.6 Å². The normalized spacial score (nSPS) is 10.1. The average Bonchev–Trinajstić information content (AvgIpc) is 2.69. The lowest BCUT2D eigenvalue weighted by Gasteiger charge is -2.12. The third kappa shape index (κ3) is 4.52. The molecule has 0 aliphatic carbocycles. The Morgan fingerprint density at radius 2 is 1.74 bits per heavy atom. The van der Waals surface area contributed by atoms with Gasteiger partial charge < -0.3 is 20.1 Å². The minimum Gasteiger partial charge on any atom is -0.495 e. The van der Waals surface area contributed by atoms with Crippen molar-refractivity contribution in [1.29, 1.82) is 0 Å². The lowest BCUT2D eigenvalue weighted by molar-refractivity contribution is 0.0527. The molecule has 2 aromatic carbocycles. The number of anilines is 4. The molecule has 2 N–H and O–H groups in total. The molecule has 0 unspecified atom stereocenters. The molecule has 0 aliphatic heterocycles. The Hall–Kier alpha value is -3.61. The summed E-state index contributed by atoms with van der Waals surface area (Å²) >= 11 is 0. The van der Waals surface area contributed by atoms with E-state index < -0.39 is 0 Å². The van der Waals surface area contributed by atoms with Crippen LogP contribution in [-0.4, -0.2) is 29.7 Å². The molecule has 3 aromatic rings. The Balaban J connectivity index is 1.82. The number of ether oxygens (including phenoxy) is 2. The van der Waals surface area contributed by atoms with E-state index in [4.69, 9.17) is 9.47 Å². The van der Waals surface area contributed by atoms with Crippen molar-refractivity contribution in [3.63, 3.8) is 0 Å². The number of nitrogens with zero attached hydrogens (tertiary/aromatic N) is 2. The van der Waals surface area contributed by atoms with Crippen LogP contribution < -0.4 is 15.4 Å². The van der Waals surface area contributed by atoms with Crippen LogP contribution in [0.15, 0.2) is 60.8 Å². The van der Waals surface area contributed by atoms with Crippen LogP contribution in [0.3, 0.4) is 0 Å². The quantitative estimate of drug-likeness (QED) is 0.609. The minimum absolute atomic E-state index is 0.313. The van der Waals surface area contributed by atoms with E-state index in [2.05, 4.69) is 20.6 Å². The fourth-order valence-corrected chi connectivity index (χ4v) is 2.47. The maximum Gasteiger partial charge on any atom is 0.340 e. The van der Waals surface area contributed by atoms with E-state index in [1.807, 2.05) is 30.3 Å². The van der Waals surface area contributed by atoms with Gasteiger partial charge in [-0.2, -0.15) is 4.98 Å². The summed E-state index contributed by atoms with van der Waals surface area (Å²) in [5.74, 6) is 1.24. The highest BCUT2D eigenvalue weighted by molar-refractivity contribution is 5.96. The fraction of sp³-hybridized carbons (Fsp3) is 0.150. The van der Waals surface area contributed by atoms with Gasteiger partial charge in [-0.1, -0.05) is 24.3 Å². The lowest BCUT2D eigenvalue weighted by Crippen LogP contribution is -2.08. The first-order chi connectivity index (χ1) is 13.2. The molecule has 0 aliphatic rings. The molecule has 0 spiro atoms. The summed E-state index contributed by atoms with van der Waals surface area (Å²) in [5, 5.41) is 6.27. The molecule has 7 nitrogen and oxygen atoms in total. The number of aromatic nitrogens is 2. The molecule has 1 aromatic heterocycles. The Morgan fingerprint density at radius 1 is 1.00 bits per heavy atom. The summed E-state index contributed by atoms with van der Waals surface area (Å²) in [5.41, 5.74) is 1.80. The van der Waals surface area contributed by atoms with Gasteiger partial charge in [-0.3, -0.25) is 0 Å². The van der Waals surface area contributed by atoms with Gasteiger partial charge in [-0.15, -0.1) is 0 Å². The summed E-state index contributed by atoms with van der Waals surface area (Å²) in [6.07, 6.45) is 1.63. The maximum absolute atomic E-state index is 12.1. The number of hydrogen-bond donors (Lipinski definition) is 2. The van der Waals surface area contributed by atoms with Crippen LogP contribution in [0.2, 0.25) is 0 Å². The largest absolute Gasteiger partial charge is 0.495 e. The number of methoxy groups -OCH3 is 1. The van der Waals surface area contributed by atoms with E-state index in [0.29, 0.717) is 35.4 Å². The van der Waals surface area contributed by atoms with E-state index in [9.17, 15) is 4.79 Å². The second-order valence-corrected chi connectivity index (χ2v) is 5.48. The monoisotopic (exact) mass is 364 g/mol. The topological polar surface area (TPSA) is 85.4 Å². The zero-order valence-electron chi connectivity index (χ0n) is 15.1. The van der Waals surface area contributed by atoms with Gasteiger partial charge >= 0.3 is 5.97 Å². The number of rotatable bonds is 7. The molecule has 138 valence electrons. The molecule has 0 bridgehead atoms. The molecule has 0 saturated heterocycles. The predicted molar refractivity (Wildman–Crippen MR) is 104 cm³/mol. The van der Waals surface area contributed by atoms with Crippen molar-refractivity contribution in [3.05, 3.63) is 66.4 Å². The lowest BCUT2D eigenvalue weighted by atomic mass is 10.2. The van der Waals surface area contributed by atoms with Crippen molar-refractivity contribution in [2.24, 2.45) is 0 Å². The van der Waals surface area contributed by atoms with Crippen LogP contribution in [0.4, 0.5) is 23.1 Å². The zero-order valence-corrected chi connectivity index (χ0v) is 15.1. The molecule has 7 heteroatoms. The van der Waals surface area contributed by atoms with E-state index in [-0.39, 0.29) is 5.97 Å². The standard InChI is InChI=1S/C20H20N4O3/c1-3-27-19(25)14-8-4-5-9-15(14)22-18-12-13-21-20(24-18)23-16-10-6-7-11-17(16)26-2/h4-13H,3H2,1-2H3,(H2,21,22,23,24). The van der Waals surface area contributed by atoms with Crippen LogP contribution in [0.1, 0.15) is 17.3 Å². The first kappa shape index (κ1) is 18.2. The third-order valence-corrected chi connectivity index (χ3v) is 3.69. The predicted octanol–water partition coefficient (Wildman–Crippen LogP) is 4.15. The van der Waals surface area contributed by atoms with Crippen molar-refractivity contribution in [3.8, 4) is 5.75 Å². The highest BCUT2D eigenvalue weighted by Gasteiger charge is 2.12. The van der Waals surface area contributed by atoms with E-state index in [1.165, 1.54) is 0 Å². The van der Waals surface area contributed by atoms with E-state index >= 15 is 0 Å². The fourth-order valence-electron chi connectivity index (χ4n) is 2.47. The molecular formula is C20H20N4O3. The number of carbonyl (C=O) groups is 1. The van der Waals surface area contributed by atoms with Gasteiger partial charge in [-0.05, 0) is 37.3 Å². The first-order valence-electron chi connectivity index (χ1n) is 8.47. The third-order valence-electron chi connectivity index (χ3n) is 3.69. The zero-order chi connectivity index (χ0) is 19.1. The Morgan fingerprint density at radius 3 is 2.52 bits per heavy atom. The molecule has 27 heavy (non-hydrogen) atoms. The highest BCUT2D eigenvalue weighted by Crippen LogP contribution is 2.26. The number of esters is 1. The molecule has 1 heterocycles. The summed E-state index contributed by atoms with van der Waals surface area (Å²) in [4.78, 5) is 20.8. The number of benzene rings is 2. The van der Waals surface area contributed by atoms with Crippen molar-refractivity contribution in [2.45, 2.75) is 6.92 Å². The van der Waals surface area contributed by atoms with E-state index in [1.54, 1.807) is 44.5 Å². The van der Waals surface area contributed by atoms with Crippen LogP contribution in [0.25, 0.3) is 0 Å².